The second kappa shape index (κ2) is 6.91. The van der Waals surface area contributed by atoms with Gasteiger partial charge in [0.25, 0.3) is 5.56 Å². The Hall–Kier alpha value is -3.22. The molecule has 2 aromatic carbocycles. The molecular formula is C17H15N3O4. The van der Waals surface area contributed by atoms with Gasteiger partial charge in [-0.05, 0) is 29.8 Å². The standard InChI is InChI=1S/C17H15N3O4/c1-23-13-6-4-5-12(9-13)11-24-16(21)10-20-17(22)14-7-2-3-8-15(14)18-19-20/h2-9H,10-11H2,1H3. The molecule has 0 unspecified atom stereocenters. The predicted molar refractivity (Wildman–Crippen MR) is 86.6 cm³/mol. The second-order valence-corrected chi connectivity index (χ2v) is 5.08. The maximum Gasteiger partial charge on any atom is 0.328 e. The van der Waals surface area contributed by atoms with E-state index in [2.05, 4.69) is 10.3 Å². The normalized spacial score (nSPS) is 10.5. The molecule has 0 N–H and O–H groups in total. The number of aromatic nitrogens is 3. The van der Waals surface area contributed by atoms with Gasteiger partial charge in [0.15, 0.2) is 0 Å². The van der Waals surface area contributed by atoms with E-state index >= 15 is 0 Å². The van der Waals surface area contributed by atoms with Gasteiger partial charge >= 0.3 is 5.97 Å². The van der Waals surface area contributed by atoms with Gasteiger partial charge in [-0.15, -0.1) is 5.10 Å². The Kier molecular flexibility index (Phi) is 4.51. The summed E-state index contributed by atoms with van der Waals surface area (Å²) in [7, 11) is 1.57. The van der Waals surface area contributed by atoms with Crippen LogP contribution in [0, 0.1) is 0 Å². The Labute approximate surface area is 137 Å². The average Bonchev–Trinajstić information content (AvgIpc) is 2.63. The zero-order valence-corrected chi connectivity index (χ0v) is 13.0. The summed E-state index contributed by atoms with van der Waals surface area (Å²) < 4.78 is 11.3. The summed E-state index contributed by atoms with van der Waals surface area (Å²) in [4.78, 5) is 24.2. The van der Waals surface area contributed by atoms with Crippen molar-refractivity contribution in [2.24, 2.45) is 0 Å². The fraction of sp³-hybridized carbons (Fsp3) is 0.176. The third-order valence-electron chi connectivity index (χ3n) is 3.44. The van der Waals surface area contributed by atoms with Crippen molar-refractivity contribution in [1.29, 1.82) is 0 Å². The summed E-state index contributed by atoms with van der Waals surface area (Å²) >= 11 is 0. The van der Waals surface area contributed by atoms with Crippen LogP contribution in [0.25, 0.3) is 10.9 Å². The number of benzene rings is 2. The van der Waals surface area contributed by atoms with Crippen LogP contribution >= 0.6 is 0 Å². The molecule has 1 aromatic heterocycles. The maximum atomic E-state index is 12.3. The Bertz CT molecular complexity index is 936. The molecule has 0 atom stereocenters. The zero-order valence-electron chi connectivity index (χ0n) is 13.0. The number of hydrogen-bond acceptors (Lipinski definition) is 6. The molecule has 0 saturated carbocycles. The predicted octanol–water partition coefficient (Wildman–Crippen LogP) is 1.54. The number of esters is 1. The van der Waals surface area contributed by atoms with Gasteiger partial charge in [-0.2, -0.15) is 4.68 Å². The van der Waals surface area contributed by atoms with E-state index in [1.54, 1.807) is 49.6 Å². The van der Waals surface area contributed by atoms with E-state index in [1.807, 2.05) is 6.07 Å². The molecule has 0 saturated heterocycles. The van der Waals surface area contributed by atoms with Crippen molar-refractivity contribution in [2.45, 2.75) is 13.2 Å². The van der Waals surface area contributed by atoms with Crippen molar-refractivity contribution in [3.63, 3.8) is 0 Å². The van der Waals surface area contributed by atoms with Crippen molar-refractivity contribution >= 4 is 16.9 Å². The van der Waals surface area contributed by atoms with E-state index in [0.29, 0.717) is 16.7 Å². The minimum atomic E-state index is -0.565. The average molecular weight is 325 g/mol. The van der Waals surface area contributed by atoms with Gasteiger partial charge in [0.2, 0.25) is 0 Å². The van der Waals surface area contributed by atoms with Crippen molar-refractivity contribution in [1.82, 2.24) is 15.0 Å². The van der Waals surface area contributed by atoms with Crippen LogP contribution in [0.3, 0.4) is 0 Å². The molecule has 7 nitrogen and oxygen atoms in total. The molecule has 3 aromatic rings. The summed E-state index contributed by atoms with van der Waals surface area (Å²) in [5.41, 5.74) is 0.905. The van der Waals surface area contributed by atoms with E-state index in [0.717, 1.165) is 10.2 Å². The molecule has 0 fully saturated rings. The second-order valence-electron chi connectivity index (χ2n) is 5.08. The highest BCUT2D eigenvalue weighted by Crippen LogP contribution is 2.13. The fourth-order valence-electron chi connectivity index (χ4n) is 2.22. The number of carbonyl (C=O) groups excluding carboxylic acids is 1. The van der Waals surface area contributed by atoms with E-state index in [9.17, 15) is 9.59 Å². The maximum absolute atomic E-state index is 12.3. The van der Waals surface area contributed by atoms with Crippen molar-refractivity contribution in [2.75, 3.05) is 7.11 Å². The highest BCUT2D eigenvalue weighted by molar-refractivity contribution is 5.77. The number of methoxy groups -OCH3 is 1. The van der Waals surface area contributed by atoms with E-state index in [4.69, 9.17) is 9.47 Å². The SMILES string of the molecule is COc1cccc(COC(=O)Cn2nnc3ccccc3c2=O)c1. The number of nitrogens with zero attached hydrogens (tertiary/aromatic N) is 3. The molecule has 0 amide bonds. The smallest absolute Gasteiger partial charge is 0.328 e. The van der Waals surface area contributed by atoms with Gasteiger partial charge in [0.1, 0.15) is 24.4 Å². The lowest BCUT2D eigenvalue weighted by Crippen LogP contribution is -2.28. The molecule has 0 bridgehead atoms. The molecule has 122 valence electrons. The van der Waals surface area contributed by atoms with Gasteiger partial charge in [0, 0.05) is 0 Å². The minimum Gasteiger partial charge on any atom is -0.497 e. The van der Waals surface area contributed by atoms with Gasteiger partial charge < -0.3 is 9.47 Å². The monoisotopic (exact) mass is 325 g/mol. The first kappa shape index (κ1) is 15.7. The Morgan fingerprint density at radius 3 is 2.83 bits per heavy atom. The van der Waals surface area contributed by atoms with E-state index in [1.165, 1.54) is 0 Å². The van der Waals surface area contributed by atoms with E-state index in [-0.39, 0.29) is 18.7 Å². The van der Waals surface area contributed by atoms with Crippen LogP contribution < -0.4 is 10.3 Å². The number of carbonyl (C=O) groups is 1. The summed E-state index contributed by atoms with van der Waals surface area (Å²) in [6, 6.07) is 14.0. The quantitative estimate of drug-likeness (QED) is 0.662. The molecular weight excluding hydrogens is 310 g/mol. The van der Waals surface area contributed by atoms with Gasteiger partial charge in [0.05, 0.1) is 12.5 Å². The molecule has 24 heavy (non-hydrogen) atoms. The summed E-state index contributed by atoms with van der Waals surface area (Å²) in [6.45, 7) is -0.202. The molecule has 0 aliphatic heterocycles. The van der Waals surface area contributed by atoms with Gasteiger partial charge in [-0.3, -0.25) is 9.59 Å². The van der Waals surface area contributed by atoms with E-state index < -0.39 is 5.97 Å². The highest BCUT2D eigenvalue weighted by atomic mass is 16.5. The molecule has 0 aliphatic carbocycles. The third-order valence-corrected chi connectivity index (χ3v) is 3.44. The summed E-state index contributed by atoms with van der Waals surface area (Å²) in [5, 5.41) is 8.10. The van der Waals surface area contributed by atoms with Crippen LogP contribution in [-0.4, -0.2) is 28.1 Å². The molecule has 0 radical (unpaired) electrons. The van der Waals surface area contributed by atoms with Crippen LogP contribution in [0.15, 0.2) is 53.3 Å². The van der Waals surface area contributed by atoms with Crippen LogP contribution in [0.1, 0.15) is 5.56 Å². The Balaban J connectivity index is 1.69. The lowest BCUT2D eigenvalue weighted by Gasteiger charge is -2.07. The number of ether oxygens (including phenoxy) is 2. The molecule has 7 heteroatoms. The lowest BCUT2D eigenvalue weighted by atomic mass is 10.2. The third kappa shape index (κ3) is 3.40. The zero-order chi connectivity index (χ0) is 16.9. The molecule has 0 aliphatic rings. The van der Waals surface area contributed by atoms with Crippen molar-refractivity contribution in [3.05, 3.63) is 64.4 Å². The van der Waals surface area contributed by atoms with Crippen molar-refractivity contribution in [3.8, 4) is 5.75 Å². The summed E-state index contributed by atoms with van der Waals surface area (Å²) in [5.74, 6) is 0.115. The number of hydrogen-bond donors (Lipinski definition) is 0. The topological polar surface area (TPSA) is 83.3 Å². The Morgan fingerprint density at radius 2 is 2.00 bits per heavy atom. The first-order valence-corrected chi connectivity index (χ1v) is 7.28. The largest absolute Gasteiger partial charge is 0.497 e. The van der Waals surface area contributed by atoms with Crippen LogP contribution in [0.4, 0.5) is 0 Å². The van der Waals surface area contributed by atoms with Crippen molar-refractivity contribution < 1.29 is 14.3 Å². The molecule has 1 heterocycles. The number of rotatable bonds is 5. The van der Waals surface area contributed by atoms with Crippen LogP contribution in [0.2, 0.25) is 0 Å². The molecule has 0 spiro atoms. The number of fused-ring (bicyclic) bond motifs is 1. The van der Waals surface area contributed by atoms with Gasteiger partial charge in [-0.25, -0.2) is 0 Å². The minimum absolute atomic E-state index is 0.0891. The fourth-order valence-corrected chi connectivity index (χ4v) is 2.22. The Morgan fingerprint density at radius 1 is 1.17 bits per heavy atom. The van der Waals surface area contributed by atoms with Crippen LogP contribution in [-0.2, 0) is 22.7 Å². The van der Waals surface area contributed by atoms with Gasteiger partial charge in [-0.1, -0.05) is 29.5 Å². The molecule has 3 rings (SSSR count). The lowest BCUT2D eigenvalue weighted by molar-refractivity contribution is -0.146. The first-order valence-electron chi connectivity index (χ1n) is 7.28. The van der Waals surface area contributed by atoms with Crippen LogP contribution in [0.5, 0.6) is 5.75 Å². The summed E-state index contributed by atoms with van der Waals surface area (Å²) in [6.07, 6.45) is 0. The highest BCUT2D eigenvalue weighted by Gasteiger charge is 2.10. The first-order chi connectivity index (χ1) is 11.7.